The van der Waals surface area contributed by atoms with Crippen molar-refractivity contribution in [3.63, 3.8) is 0 Å². The van der Waals surface area contributed by atoms with Gasteiger partial charge in [-0.05, 0) is 19.8 Å². The standard InChI is InChI=1S/C12H20O4/c1-3-4-5-6-7-12(2)9(11(14)15)8-10(13)16-12/h9H,3-8H2,1-2H3,(H,14,15). The van der Waals surface area contributed by atoms with E-state index in [1.54, 1.807) is 6.92 Å². The van der Waals surface area contributed by atoms with Gasteiger partial charge in [-0.1, -0.05) is 26.2 Å². The van der Waals surface area contributed by atoms with Gasteiger partial charge in [0.25, 0.3) is 0 Å². The summed E-state index contributed by atoms with van der Waals surface area (Å²) in [6, 6.07) is 0. The molecule has 0 aromatic heterocycles. The molecule has 92 valence electrons. The summed E-state index contributed by atoms with van der Waals surface area (Å²) in [6.45, 7) is 3.86. The minimum Gasteiger partial charge on any atom is -0.481 e. The van der Waals surface area contributed by atoms with E-state index < -0.39 is 17.5 Å². The number of carboxylic acid groups (broad SMARTS) is 1. The van der Waals surface area contributed by atoms with Crippen LogP contribution in [0.1, 0.15) is 52.4 Å². The van der Waals surface area contributed by atoms with Gasteiger partial charge in [0.2, 0.25) is 0 Å². The second-order valence-corrected chi connectivity index (χ2v) is 4.69. The van der Waals surface area contributed by atoms with E-state index in [0.29, 0.717) is 6.42 Å². The van der Waals surface area contributed by atoms with Crippen molar-refractivity contribution in [3.8, 4) is 0 Å². The molecule has 4 heteroatoms. The van der Waals surface area contributed by atoms with Crippen molar-refractivity contribution >= 4 is 11.9 Å². The number of carboxylic acids is 1. The molecule has 0 amide bonds. The zero-order valence-corrected chi connectivity index (χ0v) is 9.99. The number of rotatable bonds is 6. The van der Waals surface area contributed by atoms with Gasteiger partial charge in [-0.2, -0.15) is 0 Å². The lowest BCUT2D eigenvalue weighted by Gasteiger charge is -2.26. The van der Waals surface area contributed by atoms with Crippen LogP contribution in [0.15, 0.2) is 0 Å². The van der Waals surface area contributed by atoms with Gasteiger partial charge in [0, 0.05) is 0 Å². The fourth-order valence-electron chi connectivity index (χ4n) is 2.23. The van der Waals surface area contributed by atoms with Crippen molar-refractivity contribution in [2.24, 2.45) is 5.92 Å². The highest BCUT2D eigenvalue weighted by molar-refractivity contribution is 5.83. The van der Waals surface area contributed by atoms with Crippen molar-refractivity contribution < 1.29 is 19.4 Å². The molecular weight excluding hydrogens is 208 g/mol. The van der Waals surface area contributed by atoms with E-state index in [1.165, 1.54) is 0 Å². The van der Waals surface area contributed by atoms with E-state index in [9.17, 15) is 9.59 Å². The molecule has 1 N–H and O–H groups in total. The van der Waals surface area contributed by atoms with Crippen LogP contribution < -0.4 is 0 Å². The Bertz CT molecular complexity index is 274. The zero-order chi connectivity index (χ0) is 12.2. The Hall–Kier alpha value is -1.06. The fourth-order valence-corrected chi connectivity index (χ4v) is 2.23. The summed E-state index contributed by atoms with van der Waals surface area (Å²) >= 11 is 0. The van der Waals surface area contributed by atoms with Crippen LogP contribution in [0.3, 0.4) is 0 Å². The smallest absolute Gasteiger partial charge is 0.311 e. The lowest BCUT2D eigenvalue weighted by Crippen LogP contribution is -2.36. The molecular formula is C12H20O4. The molecule has 0 aromatic carbocycles. The molecule has 1 heterocycles. The predicted octanol–water partition coefficient (Wildman–Crippen LogP) is 2.36. The van der Waals surface area contributed by atoms with Gasteiger partial charge in [-0.15, -0.1) is 0 Å². The van der Waals surface area contributed by atoms with Crippen LogP contribution in [0.5, 0.6) is 0 Å². The van der Waals surface area contributed by atoms with Crippen LogP contribution >= 0.6 is 0 Å². The van der Waals surface area contributed by atoms with E-state index >= 15 is 0 Å². The Morgan fingerprint density at radius 1 is 1.50 bits per heavy atom. The van der Waals surface area contributed by atoms with Crippen molar-refractivity contribution in [2.75, 3.05) is 0 Å². The lowest BCUT2D eigenvalue weighted by atomic mass is 9.84. The molecule has 0 radical (unpaired) electrons. The van der Waals surface area contributed by atoms with Crippen LogP contribution in [-0.2, 0) is 14.3 Å². The van der Waals surface area contributed by atoms with E-state index in [1.807, 2.05) is 0 Å². The summed E-state index contributed by atoms with van der Waals surface area (Å²) < 4.78 is 5.18. The Morgan fingerprint density at radius 2 is 2.19 bits per heavy atom. The summed E-state index contributed by atoms with van der Waals surface area (Å²) in [4.78, 5) is 22.2. The first-order chi connectivity index (χ1) is 7.49. The number of carbonyl (C=O) groups is 2. The van der Waals surface area contributed by atoms with Crippen LogP contribution in [0.4, 0.5) is 0 Å². The first-order valence-corrected chi connectivity index (χ1v) is 5.94. The quantitative estimate of drug-likeness (QED) is 0.560. The first kappa shape index (κ1) is 13.0. The normalized spacial score (nSPS) is 29.1. The minimum atomic E-state index is -0.927. The third kappa shape index (κ3) is 2.97. The number of carbonyl (C=O) groups excluding carboxylic acids is 1. The number of aliphatic carboxylic acids is 1. The van der Waals surface area contributed by atoms with Crippen LogP contribution in [0.2, 0.25) is 0 Å². The maximum atomic E-state index is 11.2. The van der Waals surface area contributed by atoms with Gasteiger partial charge in [0.05, 0.1) is 6.42 Å². The number of hydrogen-bond acceptors (Lipinski definition) is 3. The average molecular weight is 228 g/mol. The molecule has 0 spiro atoms. The van der Waals surface area contributed by atoms with Crippen molar-refractivity contribution in [2.45, 2.75) is 58.0 Å². The van der Waals surface area contributed by atoms with Gasteiger partial charge < -0.3 is 9.84 Å². The molecule has 1 fully saturated rings. The van der Waals surface area contributed by atoms with Crippen molar-refractivity contribution in [3.05, 3.63) is 0 Å². The SMILES string of the molecule is CCCCCCC1(C)OC(=O)CC1C(=O)O. The number of esters is 1. The van der Waals surface area contributed by atoms with Crippen LogP contribution in [-0.4, -0.2) is 22.6 Å². The third-order valence-electron chi connectivity index (χ3n) is 3.28. The number of unbranched alkanes of at least 4 members (excludes halogenated alkanes) is 3. The number of cyclic esters (lactones) is 1. The molecule has 16 heavy (non-hydrogen) atoms. The molecule has 1 aliphatic heterocycles. The Kier molecular flexibility index (Phi) is 4.33. The zero-order valence-electron chi connectivity index (χ0n) is 9.99. The molecule has 0 aromatic rings. The molecule has 0 bridgehead atoms. The largest absolute Gasteiger partial charge is 0.481 e. The number of hydrogen-bond donors (Lipinski definition) is 1. The van der Waals surface area contributed by atoms with Gasteiger partial charge in [-0.25, -0.2) is 0 Å². The van der Waals surface area contributed by atoms with Gasteiger partial charge in [0.1, 0.15) is 11.5 Å². The average Bonchev–Trinajstić information content (AvgIpc) is 2.50. The topological polar surface area (TPSA) is 63.6 Å². The molecule has 1 aliphatic rings. The van der Waals surface area contributed by atoms with E-state index in [0.717, 1.165) is 25.7 Å². The first-order valence-electron chi connectivity index (χ1n) is 5.94. The monoisotopic (exact) mass is 228 g/mol. The maximum absolute atomic E-state index is 11.2. The second-order valence-electron chi connectivity index (χ2n) is 4.69. The predicted molar refractivity (Wildman–Crippen MR) is 59.0 cm³/mol. The Balaban J connectivity index is 2.52. The summed E-state index contributed by atoms with van der Waals surface area (Å²) in [5.41, 5.74) is -0.795. The molecule has 4 nitrogen and oxygen atoms in total. The summed E-state index contributed by atoms with van der Waals surface area (Å²) in [5, 5.41) is 9.04. The van der Waals surface area contributed by atoms with E-state index in [-0.39, 0.29) is 12.4 Å². The van der Waals surface area contributed by atoms with Crippen LogP contribution in [0, 0.1) is 5.92 Å². The molecule has 2 unspecified atom stereocenters. The molecule has 0 saturated carbocycles. The van der Waals surface area contributed by atoms with Crippen molar-refractivity contribution in [1.29, 1.82) is 0 Å². The molecule has 1 saturated heterocycles. The maximum Gasteiger partial charge on any atom is 0.311 e. The minimum absolute atomic E-state index is 0.0135. The highest BCUT2D eigenvalue weighted by Crippen LogP contribution is 2.37. The molecule has 1 rings (SSSR count). The second kappa shape index (κ2) is 5.32. The van der Waals surface area contributed by atoms with Gasteiger partial charge >= 0.3 is 11.9 Å². The number of ether oxygens (including phenoxy) is 1. The third-order valence-corrected chi connectivity index (χ3v) is 3.28. The highest BCUT2D eigenvalue weighted by atomic mass is 16.6. The van der Waals surface area contributed by atoms with E-state index in [4.69, 9.17) is 9.84 Å². The highest BCUT2D eigenvalue weighted by Gasteiger charge is 2.49. The molecule has 2 atom stereocenters. The van der Waals surface area contributed by atoms with E-state index in [2.05, 4.69) is 6.92 Å². The summed E-state index contributed by atoms with van der Waals surface area (Å²) in [7, 11) is 0. The molecule has 0 aliphatic carbocycles. The van der Waals surface area contributed by atoms with Crippen LogP contribution in [0.25, 0.3) is 0 Å². The lowest BCUT2D eigenvalue weighted by molar-refractivity contribution is -0.153. The Morgan fingerprint density at radius 3 is 2.75 bits per heavy atom. The van der Waals surface area contributed by atoms with Gasteiger partial charge in [-0.3, -0.25) is 9.59 Å². The Labute approximate surface area is 96.0 Å². The fraction of sp³-hybridized carbons (Fsp3) is 0.833. The van der Waals surface area contributed by atoms with Gasteiger partial charge in [0.15, 0.2) is 0 Å². The summed E-state index contributed by atoms with van der Waals surface area (Å²) in [6.07, 6.45) is 4.92. The van der Waals surface area contributed by atoms with Crippen molar-refractivity contribution in [1.82, 2.24) is 0 Å². The summed E-state index contributed by atoms with van der Waals surface area (Å²) in [5.74, 6) is -1.99.